The van der Waals surface area contributed by atoms with Gasteiger partial charge in [-0.25, -0.2) is 9.59 Å². The van der Waals surface area contributed by atoms with Crippen molar-refractivity contribution < 1.29 is 19.4 Å². The number of carboxylic acids is 1. The average Bonchev–Trinajstić information content (AvgIpc) is 3.27. The minimum absolute atomic E-state index is 0.0589. The van der Waals surface area contributed by atoms with E-state index in [4.69, 9.17) is 4.74 Å². The molecule has 6 heteroatoms. The molecule has 0 aliphatic heterocycles. The molecule has 3 aromatic rings. The van der Waals surface area contributed by atoms with Crippen LogP contribution in [-0.4, -0.2) is 29.8 Å². The number of rotatable bonds is 6. The molecule has 2 aromatic carbocycles. The zero-order valence-electron chi connectivity index (χ0n) is 15.9. The fraction of sp³-hybridized carbons (Fsp3) is 0.217. The van der Waals surface area contributed by atoms with Crippen LogP contribution >= 0.6 is 11.3 Å². The van der Waals surface area contributed by atoms with Crippen molar-refractivity contribution in [3.8, 4) is 11.1 Å². The summed E-state index contributed by atoms with van der Waals surface area (Å²) in [5, 5.41) is 13.9. The summed E-state index contributed by atoms with van der Waals surface area (Å²) in [5.74, 6) is -1.14. The number of benzene rings is 2. The molecule has 1 aromatic heterocycles. The van der Waals surface area contributed by atoms with Crippen molar-refractivity contribution in [2.45, 2.75) is 25.3 Å². The molecular formula is C23H21NO4S. The Kier molecular flexibility index (Phi) is 5.36. The Bertz CT molecular complexity index is 1010. The first kappa shape index (κ1) is 19.2. The van der Waals surface area contributed by atoms with E-state index in [1.165, 1.54) is 11.3 Å². The van der Waals surface area contributed by atoms with Gasteiger partial charge in [-0.05, 0) is 46.2 Å². The SMILES string of the molecule is Cc1csc(C[C@@H](NC(=O)OCC2c3ccccc3-c3ccccc32)C(=O)O)c1. The molecule has 1 amide bonds. The second kappa shape index (κ2) is 8.09. The van der Waals surface area contributed by atoms with E-state index in [1.54, 1.807) is 0 Å². The number of thiophene rings is 1. The fourth-order valence-electron chi connectivity index (χ4n) is 3.78. The Morgan fingerprint density at radius 3 is 2.28 bits per heavy atom. The Hall–Kier alpha value is -3.12. The lowest BCUT2D eigenvalue weighted by molar-refractivity contribution is -0.139. The Balaban J connectivity index is 1.43. The van der Waals surface area contributed by atoms with Gasteiger partial charge >= 0.3 is 12.1 Å². The van der Waals surface area contributed by atoms with Crippen molar-refractivity contribution in [2.24, 2.45) is 0 Å². The number of fused-ring (bicyclic) bond motifs is 3. The number of aryl methyl sites for hydroxylation is 1. The van der Waals surface area contributed by atoms with Crippen LogP contribution in [0.1, 0.15) is 27.5 Å². The van der Waals surface area contributed by atoms with E-state index in [0.717, 1.165) is 32.7 Å². The second-order valence-corrected chi connectivity index (χ2v) is 8.15. The van der Waals surface area contributed by atoms with Gasteiger partial charge < -0.3 is 15.2 Å². The highest BCUT2D eigenvalue weighted by atomic mass is 32.1. The normalized spacial score (nSPS) is 13.4. The largest absolute Gasteiger partial charge is 0.480 e. The predicted molar refractivity (Wildman–Crippen MR) is 112 cm³/mol. The van der Waals surface area contributed by atoms with Crippen molar-refractivity contribution in [2.75, 3.05) is 6.61 Å². The van der Waals surface area contributed by atoms with Gasteiger partial charge in [-0.15, -0.1) is 11.3 Å². The van der Waals surface area contributed by atoms with E-state index in [-0.39, 0.29) is 18.9 Å². The van der Waals surface area contributed by atoms with Crippen LogP contribution in [0, 0.1) is 6.92 Å². The highest BCUT2D eigenvalue weighted by molar-refractivity contribution is 7.10. The van der Waals surface area contributed by atoms with Crippen LogP contribution in [0.15, 0.2) is 60.0 Å². The van der Waals surface area contributed by atoms with Gasteiger partial charge in [-0.1, -0.05) is 48.5 Å². The standard InChI is InChI=1S/C23H21NO4S/c1-14-10-15(29-13-14)11-21(22(25)26)24-23(27)28-12-20-18-8-4-2-6-16(18)17-7-3-5-9-19(17)20/h2-10,13,20-21H,11-12H2,1H3,(H,24,27)(H,25,26)/t21-/m1/s1. The molecule has 4 rings (SSSR count). The summed E-state index contributed by atoms with van der Waals surface area (Å²) in [6.45, 7) is 2.11. The first-order chi connectivity index (χ1) is 14.0. The summed E-state index contributed by atoms with van der Waals surface area (Å²) < 4.78 is 5.45. The van der Waals surface area contributed by atoms with Crippen LogP contribution in [-0.2, 0) is 16.0 Å². The summed E-state index contributed by atoms with van der Waals surface area (Å²) in [6.07, 6.45) is -0.481. The lowest BCUT2D eigenvalue weighted by Crippen LogP contribution is -2.42. The van der Waals surface area contributed by atoms with Crippen LogP contribution in [0.4, 0.5) is 4.79 Å². The summed E-state index contributed by atoms with van der Waals surface area (Å²) >= 11 is 1.49. The molecule has 0 saturated heterocycles. The molecule has 1 aliphatic carbocycles. The molecule has 0 radical (unpaired) electrons. The monoisotopic (exact) mass is 407 g/mol. The highest BCUT2D eigenvalue weighted by Crippen LogP contribution is 2.44. The highest BCUT2D eigenvalue weighted by Gasteiger charge is 2.29. The van der Waals surface area contributed by atoms with E-state index in [9.17, 15) is 14.7 Å². The number of hydrogen-bond acceptors (Lipinski definition) is 4. The van der Waals surface area contributed by atoms with E-state index in [2.05, 4.69) is 17.4 Å². The van der Waals surface area contributed by atoms with Gasteiger partial charge in [0, 0.05) is 17.2 Å². The van der Waals surface area contributed by atoms with Crippen molar-refractivity contribution in [3.05, 3.63) is 81.5 Å². The lowest BCUT2D eigenvalue weighted by atomic mass is 9.98. The number of carboxylic acid groups (broad SMARTS) is 1. The molecule has 0 saturated carbocycles. The van der Waals surface area contributed by atoms with Crippen LogP contribution in [0.5, 0.6) is 0 Å². The molecule has 0 spiro atoms. The van der Waals surface area contributed by atoms with E-state index >= 15 is 0 Å². The van der Waals surface area contributed by atoms with E-state index < -0.39 is 18.1 Å². The van der Waals surface area contributed by atoms with Gasteiger partial charge in [-0.2, -0.15) is 0 Å². The summed E-state index contributed by atoms with van der Waals surface area (Å²) in [6, 6.07) is 17.1. The molecule has 1 heterocycles. The summed E-state index contributed by atoms with van der Waals surface area (Å²) in [5.41, 5.74) is 5.60. The molecule has 29 heavy (non-hydrogen) atoms. The van der Waals surface area contributed by atoms with Crippen molar-refractivity contribution in [1.82, 2.24) is 5.32 Å². The maximum Gasteiger partial charge on any atom is 0.407 e. The topological polar surface area (TPSA) is 75.6 Å². The number of amides is 1. The van der Waals surface area contributed by atoms with E-state index in [1.807, 2.05) is 54.8 Å². The van der Waals surface area contributed by atoms with Crippen LogP contribution in [0.25, 0.3) is 11.1 Å². The summed E-state index contributed by atoms with van der Waals surface area (Å²) in [7, 11) is 0. The predicted octanol–water partition coefficient (Wildman–Crippen LogP) is 4.59. The van der Waals surface area contributed by atoms with Gasteiger partial charge in [0.15, 0.2) is 0 Å². The van der Waals surface area contributed by atoms with Gasteiger partial charge in [0.25, 0.3) is 0 Å². The Morgan fingerprint density at radius 1 is 1.10 bits per heavy atom. The molecule has 1 aliphatic rings. The van der Waals surface area contributed by atoms with Crippen molar-refractivity contribution >= 4 is 23.4 Å². The molecule has 2 N–H and O–H groups in total. The number of nitrogens with one attached hydrogen (secondary N) is 1. The van der Waals surface area contributed by atoms with Crippen LogP contribution in [0.2, 0.25) is 0 Å². The molecule has 5 nitrogen and oxygen atoms in total. The third-order valence-corrected chi connectivity index (χ3v) is 6.20. The fourth-order valence-corrected chi connectivity index (χ4v) is 4.70. The molecule has 0 bridgehead atoms. The third-order valence-electron chi connectivity index (χ3n) is 5.12. The molecular weight excluding hydrogens is 386 g/mol. The lowest BCUT2D eigenvalue weighted by Gasteiger charge is -2.17. The summed E-state index contributed by atoms with van der Waals surface area (Å²) in [4.78, 5) is 24.8. The maximum absolute atomic E-state index is 12.3. The van der Waals surface area contributed by atoms with E-state index in [0.29, 0.717) is 0 Å². The average molecular weight is 407 g/mol. The molecule has 0 unspecified atom stereocenters. The minimum atomic E-state index is -1.08. The Morgan fingerprint density at radius 2 is 1.72 bits per heavy atom. The zero-order valence-corrected chi connectivity index (χ0v) is 16.7. The van der Waals surface area contributed by atoms with Gasteiger partial charge in [0.05, 0.1) is 0 Å². The first-order valence-electron chi connectivity index (χ1n) is 9.41. The van der Waals surface area contributed by atoms with Gasteiger partial charge in [0.1, 0.15) is 12.6 Å². The molecule has 1 atom stereocenters. The first-order valence-corrected chi connectivity index (χ1v) is 10.3. The number of alkyl carbamates (subject to hydrolysis) is 1. The van der Waals surface area contributed by atoms with Crippen molar-refractivity contribution in [1.29, 1.82) is 0 Å². The molecule has 0 fully saturated rings. The van der Waals surface area contributed by atoms with Gasteiger partial charge in [-0.3, -0.25) is 0 Å². The van der Waals surface area contributed by atoms with Crippen LogP contribution < -0.4 is 5.32 Å². The Labute approximate surface area is 173 Å². The number of carbonyl (C=O) groups is 2. The number of hydrogen-bond donors (Lipinski definition) is 2. The number of ether oxygens (including phenoxy) is 1. The minimum Gasteiger partial charge on any atom is -0.480 e. The van der Waals surface area contributed by atoms with Gasteiger partial charge in [0.2, 0.25) is 0 Å². The van der Waals surface area contributed by atoms with Crippen LogP contribution in [0.3, 0.4) is 0 Å². The smallest absolute Gasteiger partial charge is 0.407 e. The quantitative estimate of drug-likeness (QED) is 0.627. The third kappa shape index (κ3) is 4.03. The zero-order chi connectivity index (χ0) is 20.4. The number of carbonyl (C=O) groups excluding carboxylic acids is 1. The molecule has 148 valence electrons. The maximum atomic E-state index is 12.3. The van der Waals surface area contributed by atoms with Crippen molar-refractivity contribution in [3.63, 3.8) is 0 Å². The second-order valence-electron chi connectivity index (χ2n) is 7.16. The number of aliphatic carboxylic acids is 1.